The standard InChI is InChI=1S/C15H21F3N2O2/c1-4-22-11(2)10-20(3)14(21)19-9-12-6-5-7-13(8-12)15(16,17)18/h5-8,11H,4,9-10H2,1-3H3,(H,19,21)/t11-/m1/s1. The lowest BCUT2D eigenvalue weighted by molar-refractivity contribution is -0.137. The van der Waals surface area contributed by atoms with Crippen molar-refractivity contribution in [3.05, 3.63) is 35.4 Å². The van der Waals surface area contributed by atoms with E-state index >= 15 is 0 Å². The minimum Gasteiger partial charge on any atom is -0.377 e. The van der Waals surface area contributed by atoms with Crippen molar-refractivity contribution < 1.29 is 22.7 Å². The molecule has 4 nitrogen and oxygen atoms in total. The third-order valence-corrected chi connectivity index (χ3v) is 3.03. The molecule has 7 heteroatoms. The zero-order chi connectivity index (χ0) is 16.8. The number of benzene rings is 1. The van der Waals surface area contributed by atoms with Crippen LogP contribution in [0.2, 0.25) is 0 Å². The van der Waals surface area contributed by atoms with E-state index in [9.17, 15) is 18.0 Å². The SMILES string of the molecule is CCO[C@H](C)CN(C)C(=O)NCc1cccc(C(F)(F)F)c1. The van der Waals surface area contributed by atoms with E-state index in [-0.39, 0.29) is 18.7 Å². The van der Waals surface area contributed by atoms with Gasteiger partial charge in [0, 0.05) is 26.7 Å². The molecule has 1 atom stereocenters. The lowest BCUT2D eigenvalue weighted by Gasteiger charge is -2.22. The summed E-state index contributed by atoms with van der Waals surface area (Å²) >= 11 is 0. The number of ether oxygens (including phenoxy) is 1. The van der Waals surface area contributed by atoms with Crippen LogP contribution in [0.4, 0.5) is 18.0 Å². The van der Waals surface area contributed by atoms with Crippen LogP contribution < -0.4 is 5.32 Å². The molecule has 1 N–H and O–H groups in total. The number of likely N-dealkylation sites (N-methyl/N-ethyl adjacent to an activating group) is 1. The molecule has 0 spiro atoms. The van der Waals surface area contributed by atoms with Crippen LogP contribution in [0.3, 0.4) is 0 Å². The summed E-state index contributed by atoms with van der Waals surface area (Å²) in [6.07, 6.45) is -4.49. The van der Waals surface area contributed by atoms with Crippen molar-refractivity contribution in [2.24, 2.45) is 0 Å². The normalized spacial score (nSPS) is 12.8. The number of rotatable bonds is 6. The fraction of sp³-hybridized carbons (Fsp3) is 0.533. The van der Waals surface area contributed by atoms with Gasteiger partial charge in [-0.15, -0.1) is 0 Å². The van der Waals surface area contributed by atoms with Crippen LogP contribution in [0.25, 0.3) is 0 Å². The molecule has 0 unspecified atom stereocenters. The number of alkyl halides is 3. The fourth-order valence-corrected chi connectivity index (χ4v) is 1.98. The van der Waals surface area contributed by atoms with Gasteiger partial charge in [0.05, 0.1) is 11.7 Å². The second-order valence-corrected chi connectivity index (χ2v) is 5.00. The maximum Gasteiger partial charge on any atom is 0.416 e. The van der Waals surface area contributed by atoms with Gasteiger partial charge in [0.2, 0.25) is 0 Å². The molecule has 0 saturated heterocycles. The molecule has 1 rings (SSSR count). The summed E-state index contributed by atoms with van der Waals surface area (Å²) in [5, 5.41) is 2.59. The van der Waals surface area contributed by atoms with Crippen molar-refractivity contribution >= 4 is 6.03 Å². The second-order valence-electron chi connectivity index (χ2n) is 5.00. The van der Waals surface area contributed by atoms with Crippen molar-refractivity contribution in [2.75, 3.05) is 20.2 Å². The Morgan fingerprint density at radius 1 is 1.41 bits per heavy atom. The summed E-state index contributed by atoms with van der Waals surface area (Å²) in [5.74, 6) is 0. The predicted octanol–water partition coefficient (Wildman–Crippen LogP) is 3.27. The highest BCUT2D eigenvalue weighted by Gasteiger charge is 2.30. The van der Waals surface area contributed by atoms with Crippen LogP contribution in [0, 0.1) is 0 Å². The van der Waals surface area contributed by atoms with Crippen LogP contribution >= 0.6 is 0 Å². The number of nitrogens with zero attached hydrogens (tertiary/aromatic N) is 1. The average Bonchev–Trinajstić information content (AvgIpc) is 2.44. The van der Waals surface area contributed by atoms with E-state index in [1.807, 2.05) is 13.8 Å². The summed E-state index contributed by atoms with van der Waals surface area (Å²) in [7, 11) is 1.61. The van der Waals surface area contributed by atoms with Crippen LogP contribution in [0.1, 0.15) is 25.0 Å². The number of carbonyl (C=O) groups is 1. The minimum atomic E-state index is -4.39. The van der Waals surface area contributed by atoms with Crippen molar-refractivity contribution in [3.8, 4) is 0 Å². The Hall–Kier alpha value is -1.76. The lowest BCUT2D eigenvalue weighted by Crippen LogP contribution is -2.41. The van der Waals surface area contributed by atoms with Gasteiger partial charge in [-0.1, -0.05) is 12.1 Å². The molecule has 0 heterocycles. The highest BCUT2D eigenvalue weighted by molar-refractivity contribution is 5.73. The molecule has 1 aromatic rings. The molecular formula is C15H21F3N2O2. The van der Waals surface area contributed by atoms with Crippen LogP contribution in [0.15, 0.2) is 24.3 Å². The van der Waals surface area contributed by atoms with Crippen LogP contribution in [-0.2, 0) is 17.5 Å². The largest absolute Gasteiger partial charge is 0.416 e. The van der Waals surface area contributed by atoms with E-state index in [1.165, 1.54) is 11.0 Å². The molecule has 0 aromatic heterocycles. The highest BCUT2D eigenvalue weighted by atomic mass is 19.4. The van der Waals surface area contributed by atoms with Gasteiger partial charge in [0.25, 0.3) is 0 Å². The molecular weight excluding hydrogens is 297 g/mol. The van der Waals surface area contributed by atoms with Gasteiger partial charge in [0.1, 0.15) is 0 Å². The number of hydrogen-bond donors (Lipinski definition) is 1. The molecule has 0 radical (unpaired) electrons. The third-order valence-electron chi connectivity index (χ3n) is 3.03. The number of carbonyl (C=O) groups excluding carboxylic acids is 1. The van der Waals surface area contributed by atoms with Gasteiger partial charge in [-0.2, -0.15) is 13.2 Å². The second kappa shape index (κ2) is 8.03. The Kier molecular flexibility index (Phi) is 6.67. The molecule has 22 heavy (non-hydrogen) atoms. The van der Waals surface area contributed by atoms with Gasteiger partial charge in [-0.25, -0.2) is 4.79 Å². The van der Waals surface area contributed by atoms with Crippen molar-refractivity contribution in [1.82, 2.24) is 10.2 Å². The van der Waals surface area contributed by atoms with Crippen molar-refractivity contribution in [1.29, 1.82) is 0 Å². The first-order valence-corrected chi connectivity index (χ1v) is 7.00. The molecule has 0 aliphatic rings. The molecule has 2 amide bonds. The summed E-state index contributed by atoms with van der Waals surface area (Å²) < 4.78 is 43.1. The van der Waals surface area contributed by atoms with Gasteiger partial charge in [-0.3, -0.25) is 0 Å². The number of urea groups is 1. The van der Waals surface area contributed by atoms with E-state index < -0.39 is 11.7 Å². The van der Waals surface area contributed by atoms with Gasteiger partial charge in [-0.05, 0) is 31.5 Å². The van der Waals surface area contributed by atoms with Gasteiger partial charge < -0.3 is 15.0 Å². The van der Waals surface area contributed by atoms with E-state index in [4.69, 9.17) is 4.74 Å². The van der Waals surface area contributed by atoms with Crippen molar-refractivity contribution in [2.45, 2.75) is 32.7 Å². The number of hydrogen-bond acceptors (Lipinski definition) is 2. The Balaban J connectivity index is 2.53. The summed E-state index contributed by atoms with van der Waals surface area (Å²) in [5.41, 5.74) is -0.327. The Morgan fingerprint density at radius 2 is 2.09 bits per heavy atom. The quantitative estimate of drug-likeness (QED) is 0.874. The minimum absolute atomic E-state index is 0.0378. The van der Waals surface area contributed by atoms with E-state index in [0.717, 1.165) is 12.1 Å². The first-order valence-electron chi connectivity index (χ1n) is 7.00. The monoisotopic (exact) mass is 318 g/mol. The van der Waals surface area contributed by atoms with E-state index in [2.05, 4.69) is 5.32 Å². The Morgan fingerprint density at radius 3 is 2.68 bits per heavy atom. The number of nitrogens with one attached hydrogen (secondary N) is 1. The molecule has 124 valence electrons. The van der Waals surface area contributed by atoms with E-state index in [1.54, 1.807) is 13.1 Å². The number of amides is 2. The topological polar surface area (TPSA) is 41.6 Å². The van der Waals surface area contributed by atoms with E-state index in [0.29, 0.717) is 18.7 Å². The first kappa shape index (κ1) is 18.3. The van der Waals surface area contributed by atoms with Crippen LogP contribution in [-0.4, -0.2) is 37.2 Å². The summed E-state index contributed by atoms with van der Waals surface area (Å²) in [6.45, 7) is 4.71. The number of halogens is 3. The third kappa shape index (κ3) is 5.93. The average molecular weight is 318 g/mol. The first-order chi connectivity index (χ1) is 10.2. The molecule has 0 bridgehead atoms. The lowest BCUT2D eigenvalue weighted by atomic mass is 10.1. The molecule has 0 fully saturated rings. The maximum absolute atomic E-state index is 12.6. The summed E-state index contributed by atoms with van der Waals surface area (Å²) in [4.78, 5) is 13.3. The van der Waals surface area contributed by atoms with Crippen molar-refractivity contribution in [3.63, 3.8) is 0 Å². The summed E-state index contributed by atoms with van der Waals surface area (Å²) in [6, 6.07) is 4.54. The Labute approximate surface area is 128 Å². The molecule has 0 saturated carbocycles. The molecule has 0 aliphatic heterocycles. The predicted molar refractivity (Wildman–Crippen MR) is 77.4 cm³/mol. The fourth-order valence-electron chi connectivity index (χ4n) is 1.98. The van der Waals surface area contributed by atoms with Gasteiger partial charge >= 0.3 is 12.2 Å². The van der Waals surface area contributed by atoms with Gasteiger partial charge in [0.15, 0.2) is 0 Å². The molecule has 1 aromatic carbocycles. The zero-order valence-corrected chi connectivity index (χ0v) is 12.9. The maximum atomic E-state index is 12.6. The highest BCUT2D eigenvalue weighted by Crippen LogP contribution is 2.29. The Bertz CT molecular complexity index is 492. The van der Waals surface area contributed by atoms with Crippen LogP contribution in [0.5, 0.6) is 0 Å². The molecule has 0 aliphatic carbocycles. The smallest absolute Gasteiger partial charge is 0.377 e. The zero-order valence-electron chi connectivity index (χ0n) is 12.9.